The van der Waals surface area contributed by atoms with E-state index < -0.39 is 46.9 Å². The topological polar surface area (TPSA) is 201 Å². The summed E-state index contributed by atoms with van der Waals surface area (Å²) in [4.78, 5) is 74.2. The van der Waals surface area contributed by atoms with Crippen LogP contribution in [0.15, 0.2) is 72.2 Å². The Morgan fingerprint density at radius 3 is 2.25 bits per heavy atom. The summed E-state index contributed by atoms with van der Waals surface area (Å²) < 4.78 is 17.6. The van der Waals surface area contributed by atoms with E-state index in [0.29, 0.717) is 35.1 Å². The maximum atomic E-state index is 14.4. The van der Waals surface area contributed by atoms with E-state index in [4.69, 9.17) is 25.8 Å². The number of benzene rings is 3. The van der Waals surface area contributed by atoms with E-state index in [9.17, 15) is 29.2 Å². The number of hydrogen-bond acceptors (Lipinski definition) is 12. The molecule has 4 N–H and O–H groups in total. The average molecular weight is 1020 g/mol. The number of hydrogen-bond donors (Lipinski definition) is 4. The molecule has 15 nitrogen and oxygen atoms in total. The van der Waals surface area contributed by atoms with E-state index >= 15 is 0 Å². The Bertz CT molecular complexity index is 2650. The molecule has 3 atom stereocenters. The van der Waals surface area contributed by atoms with Gasteiger partial charge < -0.3 is 40.4 Å². The van der Waals surface area contributed by atoms with Crippen molar-refractivity contribution in [2.24, 2.45) is 16.2 Å². The molecular weight excluding hydrogens is 954 g/mol. The van der Waals surface area contributed by atoms with Gasteiger partial charge in [0.05, 0.1) is 38.8 Å². The molecule has 2 saturated carbocycles. The van der Waals surface area contributed by atoms with E-state index in [1.807, 2.05) is 69.6 Å². The molecule has 0 spiro atoms. The maximum Gasteiger partial charge on any atom is 0.302 e. The first-order valence-electron chi connectivity index (χ1n) is 24.7. The summed E-state index contributed by atoms with van der Waals surface area (Å²) in [5.41, 5.74) is 4.60. The summed E-state index contributed by atoms with van der Waals surface area (Å²) in [5, 5.41) is 22.3. The summed E-state index contributed by atoms with van der Waals surface area (Å²) in [6.07, 6.45) is 3.17. The molecule has 1 unspecified atom stereocenters. The minimum Gasteiger partial charge on any atom is -0.489 e. The molecule has 2 heterocycles. The molecule has 17 heteroatoms. The zero-order chi connectivity index (χ0) is 52.2. The fraction of sp³-hybridized carbons (Fsp3) is 0.509. The monoisotopic (exact) mass is 1020 g/mol. The predicted octanol–water partition coefficient (Wildman–Crippen LogP) is 8.72. The van der Waals surface area contributed by atoms with Crippen molar-refractivity contribution in [2.75, 3.05) is 31.6 Å². The molecule has 0 radical (unpaired) electrons. The number of likely N-dealkylation sites (tertiary alicyclic amines) is 1. The number of anilines is 1. The van der Waals surface area contributed by atoms with Crippen LogP contribution in [0.2, 0.25) is 5.02 Å². The van der Waals surface area contributed by atoms with Crippen molar-refractivity contribution in [1.29, 1.82) is 5.26 Å². The average Bonchev–Trinajstić information content (AvgIpc) is 3.78. The SMILES string of the molecule is CC(=O)O[C@@H]1CC(C(=O)NC2(c3ccc(-c4scnc4C)cc3)CC2)N(C(=O)[C@@H](NC(=O)COCCCCCNc2ccc(C(=O)NC3C(C)(C)C(Oc4ccc(C#N)c(Cl)c4)C3(C)C)cc2)C(C)(C)C)C1. The first-order chi connectivity index (χ1) is 34.0. The molecule has 1 aromatic heterocycles. The van der Waals surface area contributed by atoms with Gasteiger partial charge in [-0.25, -0.2) is 4.98 Å². The number of rotatable bonds is 20. The molecule has 4 aromatic rings. The second kappa shape index (κ2) is 22.0. The zero-order valence-electron chi connectivity index (χ0n) is 42.8. The summed E-state index contributed by atoms with van der Waals surface area (Å²) in [5.74, 6) is -1.30. The van der Waals surface area contributed by atoms with Gasteiger partial charge in [0.25, 0.3) is 5.91 Å². The van der Waals surface area contributed by atoms with E-state index in [2.05, 4.69) is 60.0 Å². The zero-order valence-corrected chi connectivity index (χ0v) is 44.4. The largest absolute Gasteiger partial charge is 0.489 e. The second-order valence-electron chi connectivity index (χ2n) is 21.7. The quantitative estimate of drug-likeness (QED) is 0.0487. The highest BCUT2D eigenvalue weighted by Gasteiger charge is 2.64. The maximum absolute atomic E-state index is 14.4. The van der Waals surface area contributed by atoms with Gasteiger partial charge in [0, 0.05) is 60.7 Å². The highest BCUT2D eigenvalue weighted by molar-refractivity contribution is 7.13. The Kier molecular flexibility index (Phi) is 16.4. The molecule has 7 rings (SSSR count). The van der Waals surface area contributed by atoms with Gasteiger partial charge in [0.2, 0.25) is 17.7 Å². The highest BCUT2D eigenvalue weighted by Crippen LogP contribution is 2.56. The van der Waals surface area contributed by atoms with Crippen molar-refractivity contribution >= 4 is 58.2 Å². The van der Waals surface area contributed by atoms with Gasteiger partial charge in [-0.15, -0.1) is 11.3 Å². The van der Waals surface area contributed by atoms with Crippen LogP contribution in [0.4, 0.5) is 5.69 Å². The Morgan fingerprint density at radius 2 is 1.65 bits per heavy atom. The number of thiazole rings is 1. The van der Waals surface area contributed by atoms with Crippen LogP contribution in [-0.2, 0) is 34.2 Å². The first kappa shape index (κ1) is 53.8. The number of halogens is 1. The Balaban J connectivity index is 0.830. The van der Waals surface area contributed by atoms with E-state index in [1.165, 1.54) is 11.8 Å². The molecule has 72 heavy (non-hydrogen) atoms. The smallest absolute Gasteiger partial charge is 0.302 e. The lowest BCUT2D eigenvalue weighted by Crippen LogP contribution is -2.74. The van der Waals surface area contributed by atoms with Crippen LogP contribution in [0, 0.1) is 34.5 Å². The number of aryl methyl sites for hydroxylation is 1. The van der Waals surface area contributed by atoms with E-state index in [-0.39, 0.29) is 54.4 Å². The number of esters is 1. The number of aromatic nitrogens is 1. The summed E-state index contributed by atoms with van der Waals surface area (Å²) in [6.45, 7) is 17.9. The number of unbranched alkanes of at least 4 members (excludes halogenated alkanes) is 2. The van der Waals surface area contributed by atoms with Crippen LogP contribution in [0.5, 0.6) is 5.75 Å². The van der Waals surface area contributed by atoms with E-state index in [1.54, 1.807) is 41.7 Å². The molecule has 3 aliphatic rings. The lowest BCUT2D eigenvalue weighted by molar-refractivity contribution is -0.164. The number of ether oxygens (including phenoxy) is 3. The highest BCUT2D eigenvalue weighted by atomic mass is 35.5. The van der Waals surface area contributed by atoms with Crippen molar-refractivity contribution < 1.29 is 38.2 Å². The van der Waals surface area contributed by atoms with Crippen molar-refractivity contribution in [3.05, 3.63) is 99.6 Å². The molecule has 1 aliphatic heterocycles. The fourth-order valence-electron chi connectivity index (χ4n) is 10.5. The normalized spacial score (nSPS) is 20.8. The summed E-state index contributed by atoms with van der Waals surface area (Å²) in [7, 11) is 0. The Labute approximate surface area is 432 Å². The lowest BCUT2D eigenvalue weighted by atomic mass is 9.49. The minimum atomic E-state index is -0.982. The third-order valence-electron chi connectivity index (χ3n) is 14.3. The van der Waals surface area contributed by atoms with E-state index in [0.717, 1.165) is 59.5 Å². The predicted molar refractivity (Wildman–Crippen MR) is 277 cm³/mol. The van der Waals surface area contributed by atoms with Crippen LogP contribution in [0.3, 0.4) is 0 Å². The number of amides is 4. The third kappa shape index (κ3) is 12.2. The Hall–Kier alpha value is -6.02. The molecule has 0 bridgehead atoms. The van der Waals surface area contributed by atoms with Crippen molar-refractivity contribution in [2.45, 2.75) is 137 Å². The van der Waals surface area contributed by atoms with Crippen molar-refractivity contribution in [3.63, 3.8) is 0 Å². The van der Waals surface area contributed by atoms with Crippen LogP contribution in [-0.4, -0.2) is 96.1 Å². The van der Waals surface area contributed by atoms with Gasteiger partial charge in [-0.1, -0.05) is 84.3 Å². The summed E-state index contributed by atoms with van der Waals surface area (Å²) in [6, 6.07) is 20.6. The van der Waals surface area contributed by atoms with Crippen LogP contribution >= 0.6 is 22.9 Å². The standard InChI is InChI=1S/C55H68ClN7O8S/c1-33-45(72-32-59-33)35-13-18-38(19-14-35)55(23-24-55)62-48(67)43-28-41(70-34(2)64)30-63(43)49(68)46(52(3,4)5)60-44(65)31-69-26-12-10-11-25-58-39-20-15-36(16-21-39)47(66)61-50-53(6,7)51(54(50,8)9)71-40-22-17-37(29-57)42(56)27-40/h13-22,27,32,41,43,46,50-51,58H,10-12,23-26,28,30-31H2,1-9H3,(H,60,65)(H,61,66)(H,62,67)/t41-,43?,46-,50?,51?/m1/s1. The second-order valence-corrected chi connectivity index (χ2v) is 22.9. The molecular formula is C55H68ClN7O8S. The number of nitrogens with zero attached hydrogens (tertiary/aromatic N) is 3. The van der Waals surface area contributed by atoms with Crippen molar-refractivity contribution in [1.82, 2.24) is 25.8 Å². The third-order valence-corrected chi connectivity index (χ3v) is 15.6. The number of nitriles is 1. The molecule has 3 aromatic carbocycles. The molecule has 3 fully saturated rings. The number of nitrogens with one attached hydrogen (secondary N) is 4. The molecule has 2 aliphatic carbocycles. The van der Waals surface area contributed by atoms with Gasteiger partial charge in [0.15, 0.2) is 0 Å². The van der Waals surface area contributed by atoms with Gasteiger partial charge >= 0.3 is 5.97 Å². The Morgan fingerprint density at radius 1 is 0.958 bits per heavy atom. The number of carbonyl (C=O) groups excluding carboxylic acids is 5. The van der Waals surface area contributed by atoms with Crippen LogP contribution in [0.1, 0.15) is 121 Å². The fourth-order valence-corrected chi connectivity index (χ4v) is 11.6. The van der Waals surface area contributed by atoms with Gasteiger partial charge in [-0.2, -0.15) is 5.26 Å². The van der Waals surface area contributed by atoms with Gasteiger partial charge in [-0.05, 0) is 92.0 Å². The summed E-state index contributed by atoms with van der Waals surface area (Å²) >= 11 is 7.83. The lowest BCUT2D eigenvalue weighted by Gasteiger charge is -2.63. The van der Waals surface area contributed by atoms with Crippen molar-refractivity contribution in [3.8, 4) is 22.3 Å². The van der Waals surface area contributed by atoms with Crippen LogP contribution in [0.25, 0.3) is 10.4 Å². The number of carbonyl (C=O) groups is 5. The van der Waals surface area contributed by atoms with Crippen LogP contribution < -0.4 is 26.0 Å². The van der Waals surface area contributed by atoms with Gasteiger partial charge in [-0.3, -0.25) is 24.0 Å². The molecule has 384 valence electrons. The molecule has 4 amide bonds. The first-order valence-corrected chi connectivity index (χ1v) is 26.0. The van der Waals surface area contributed by atoms with Gasteiger partial charge in [0.1, 0.15) is 42.7 Å². The minimum absolute atomic E-state index is 0.0264. The molecule has 1 saturated heterocycles.